The summed E-state index contributed by atoms with van der Waals surface area (Å²) < 4.78 is 19.0. The van der Waals surface area contributed by atoms with Crippen molar-refractivity contribution in [2.24, 2.45) is 7.05 Å². The van der Waals surface area contributed by atoms with Crippen LogP contribution < -0.4 is 5.56 Å². The fourth-order valence-electron chi connectivity index (χ4n) is 3.84. The summed E-state index contributed by atoms with van der Waals surface area (Å²) in [4.78, 5) is 13.5. The second-order valence-electron chi connectivity index (χ2n) is 6.93. The lowest BCUT2D eigenvalue weighted by Gasteiger charge is -2.11. The van der Waals surface area contributed by atoms with Crippen LogP contribution in [0.25, 0.3) is 33.5 Å². The van der Waals surface area contributed by atoms with Gasteiger partial charge in [-0.2, -0.15) is 0 Å². The second kappa shape index (κ2) is 6.63. The van der Waals surface area contributed by atoms with Gasteiger partial charge in [-0.05, 0) is 42.0 Å². The predicted molar refractivity (Wildman–Crippen MR) is 113 cm³/mol. The van der Waals surface area contributed by atoms with Gasteiger partial charge in [-0.15, -0.1) is 0 Å². The van der Waals surface area contributed by atoms with Crippen LogP contribution in [0, 0.1) is 5.82 Å². The lowest BCUT2D eigenvalue weighted by molar-refractivity contribution is 0.627. The van der Waals surface area contributed by atoms with Crippen LogP contribution in [-0.4, -0.2) is 13.9 Å². The molecular weight excluding hydrogens is 365 g/mol. The number of nitrogens with zero attached hydrogens (tertiary/aromatic N) is 3. The largest absolute Gasteiger partial charge is 0.314 e. The maximum Gasteiger partial charge on any atom is 0.281 e. The maximum absolute atomic E-state index is 13.5. The molecule has 2 aromatic heterocycles. The molecule has 5 aromatic rings. The van der Waals surface area contributed by atoms with E-state index in [9.17, 15) is 9.18 Å². The molecule has 3 aromatic carbocycles. The van der Waals surface area contributed by atoms with Crippen molar-refractivity contribution in [1.29, 1.82) is 0 Å². The summed E-state index contributed by atoms with van der Waals surface area (Å²) in [7, 11) is 1.88. The molecule has 0 bridgehead atoms. The number of benzene rings is 3. The Morgan fingerprint density at radius 2 is 1.38 bits per heavy atom. The van der Waals surface area contributed by atoms with Gasteiger partial charge in [0.15, 0.2) is 0 Å². The molecule has 4 nitrogen and oxygen atoms in total. The third kappa shape index (κ3) is 2.70. The van der Waals surface area contributed by atoms with Crippen LogP contribution in [0.4, 0.5) is 4.39 Å². The second-order valence-corrected chi connectivity index (χ2v) is 6.93. The van der Waals surface area contributed by atoms with Gasteiger partial charge in [-0.3, -0.25) is 9.48 Å². The first-order valence-electron chi connectivity index (χ1n) is 9.35. The number of hydrogen-bond acceptors (Lipinski definition) is 1. The molecule has 0 aliphatic heterocycles. The van der Waals surface area contributed by atoms with Crippen molar-refractivity contribution in [1.82, 2.24) is 13.9 Å². The number of hydrogen-bond donors (Lipinski definition) is 0. The van der Waals surface area contributed by atoms with Gasteiger partial charge in [0, 0.05) is 18.9 Å². The van der Waals surface area contributed by atoms with E-state index in [0.29, 0.717) is 5.39 Å². The summed E-state index contributed by atoms with van der Waals surface area (Å²) >= 11 is 0. The highest BCUT2D eigenvalue weighted by Crippen LogP contribution is 2.32. The van der Waals surface area contributed by atoms with E-state index in [1.807, 2.05) is 83.2 Å². The lowest BCUT2D eigenvalue weighted by atomic mass is 10.1. The van der Waals surface area contributed by atoms with E-state index in [4.69, 9.17) is 0 Å². The van der Waals surface area contributed by atoms with Gasteiger partial charge >= 0.3 is 0 Å². The van der Waals surface area contributed by atoms with Crippen LogP contribution in [0.5, 0.6) is 0 Å². The van der Waals surface area contributed by atoms with Gasteiger partial charge in [0.2, 0.25) is 0 Å². The summed E-state index contributed by atoms with van der Waals surface area (Å²) in [5.41, 5.74) is 4.04. The maximum atomic E-state index is 13.5. The number of aromatic nitrogens is 3. The molecule has 0 saturated heterocycles. The Morgan fingerprint density at radius 3 is 2.03 bits per heavy atom. The quantitative estimate of drug-likeness (QED) is 0.435. The van der Waals surface area contributed by atoms with Crippen LogP contribution in [-0.2, 0) is 7.05 Å². The van der Waals surface area contributed by atoms with Gasteiger partial charge in [0.05, 0.1) is 22.3 Å². The zero-order valence-corrected chi connectivity index (χ0v) is 15.8. The third-order valence-corrected chi connectivity index (χ3v) is 5.19. The average molecular weight is 383 g/mol. The molecule has 142 valence electrons. The van der Waals surface area contributed by atoms with E-state index in [2.05, 4.69) is 0 Å². The first-order valence-corrected chi connectivity index (χ1v) is 9.35. The van der Waals surface area contributed by atoms with E-state index in [1.54, 1.807) is 16.8 Å². The van der Waals surface area contributed by atoms with Crippen molar-refractivity contribution in [2.45, 2.75) is 0 Å². The molecule has 2 heterocycles. The molecule has 29 heavy (non-hydrogen) atoms. The lowest BCUT2D eigenvalue weighted by Crippen LogP contribution is -2.20. The van der Waals surface area contributed by atoms with E-state index >= 15 is 0 Å². The Bertz CT molecular complexity index is 1360. The molecule has 0 unspecified atom stereocenters. The fraction of sp³-hybridized carbons (Fsp3) is 0.0417. The number of halogens is 1. The Hall–Kier alpha value is -3.86. The van der Waals surface area contributed by atoms with Crippen LogP contribution in [0.1, 0.15) is 0 Å². The summed E-state index contributed by atoms with van der Waals surface area (Å²) in [6, 6.07) is 25.7. The number of aryl methyl sites for hydroxylation is 1. The van der Waals surface area contributed by atoms with Crippen molar-refractivity contribution in [3.05, 3.63) is 107 Å². The van der Waals surface area contributed by atoms with E-state index < -0.39 is 0 Å². The SMILES string of the molecule is Cn1c2cn(-c3ccc(F)cc3)c(-c3ccccc3)c2c(=O)n1-c1ccccc1. The number of para-hydroxylation sites is 1. The molecule has 0 atom stereocenters. The normalized spacial score (nSPS) is 11.2. The third-order valence-electron chi connectivity index (χ3n) is 5.19. The predicted octanol–water partition coefficient (Wildman–Crippen LogP) is 4.93. The Kier molecular flexibility index (Phi) is 3.95. The molecule has 0 amide bonds. The number of rotatable bonds is 3. The summed E-state index contributed by atoms with van der Waals surface area (Å²) in [6.07, 6.45) is 1.94. The van der Waals surface area contributed by atoms with Crippen molar-refractivity contribution in [3.8, 4) is 22.6 Å². The van der Waals surface area contributed by atoms with Crippen molar-refractivity contribution in [3.63, 3.8) is 0 Å². The summed E-state index contributed by atoms with van der Waals surface area (Å²) in [5, 5.41) is 0.631. The fourth-order valence-corrected chi connectivity index (χ4v) is 3.84. The topological polar surface area (TPSA) is 31.9 Å². The van der Waals surface area contributed by atoms with Gasteiger partial charge in [-0.1, -0.05) is 48.5 Å². The first-order chi connectivity index (χ1) is 14.1. The minimum atomic E-state index is -0.293. The smallest absolute Gasteiger partial charge is 0.281 e. The minimum absolute atomic E-state index is 0.0894. The van der Waals surface area contributed by atoms with Gasteiger partial charge < -0.3 is 4.57 Å². The van der Waals surface area contributed by atoms with E-state index in [1.165, 1.54) is 12.1 Å². The minimum Gasteiger partial charge on any atom is -0.314 e. The van der Waals surface area contributed by atoms with Gasteiger partial charge in [-0.25, -0.2) is 9.07 Å². The van der Waals surface area contributed by atoms with Crippen LogP contribution in [0.3, 0.4) is 0 Å². The zero-order chi connectivity index (χ0) is 20.0. The molecule has 0 radical (unpaired) electrons. The molecule has 0 fully saturated rings. The monoisotopic (exact) mass is 383 g/mol. The average Bonchev–Trinajstić information content (AvgIpc) is 3.26. The van der Waals surface area contributed by atoms with E-state index in [0.717, 1.165) is 28.1 Å². The standard InChI is InChI=1S/C24H18FN3O/c1-26-21-16-27(19-14-12-18(25)13-15-19)23(17-8-4-2-5-9-17)22(21)24(29)28(26)20-10-6-3-7-11-20/h2-16H,1H3. The molecular formula is C24H18FN3O. The molecule has 5 heteroatoms. The molecule has 0 aliphatic carbocycles. The molecule has 5 rings (SSSR count). The Morgan fingerprint density at radius 1 is 0.759 bits per heavy atom. The Labute approximate surface area is 166 Å². The summed E-state index contributed by atoms with van der Waals surface area (Å²) in [6.45, 7) is 0. The van der Waals surface area contributed by atoms with Crippen LogP contribution in [0.15, 0.2) is 95.9 Å². The molecule has 0 saturated carbocycles. The number of fused-ring (bicyclic) bond motifs is 1. The highest BCUT2D eigenvalue weighted by atomic mass is 19.1. The molecule has 0 N–H and O–H groups in total. The zero-order valence-electron chi connectivity index (χ0n) is 15.8. The van der Waals surface area contributed by atoms with Crippen LogP contribution in [0.2, 0.25) is 0 Å². The van der Waals surface area contributed by atoms with E-state index in [-0.39, 0.29) is 11.4 Å². The molecule has 0 spiro atoms. The van der Waals surface area contributed by atoms with Crippen LogP contribution >= 0.6 is 0 Å². The Balaban J connectivity index is 1.87. The van der Waals surface area contributed by atoms with Crippen molar-refractivity contribution < 1.29 is 4.39 Å². The highest BCUT2D eigenvalue weighted by Gasteiger charge is 2.22. The van der Waals surface area contributed by atoms with Crippen molar-refractivity contribution >= 4 is 10.9 Å². The molecule has 0 aliphatic rings. The first kappa shape index (κ1) is 17.3. The van der Waals surface area contributed by atoms with Gasteiger partial charge in [0.1, 0.15) is 5.82 Å². The van der Waals surface area contributed by atoms with Crippen molar-refractivity contribution in [2.75, 3.05) is 0 Å². The summed E-state index contributed by atoms with van der Waals surface area (Å²) in [5.74, 6) is -0.293. The highest BCUT2D eigenvalue weighted by molar-refractivity contribution is 5.95. The van der Waals surface area contributed by atoms with Gasteiger partial charge in [0.25, 0.3) is 5.56 Å².